The van der Waals surface area contributed by atoms with Gasteiger partial charge in [-0.25, -0.2) is 9.97 Å². The van der Waals surface area contributed by atoms with Crippen molar-refractivity contribution in [1.29, 1.82) is 0 Å². The molecule has 17 heavy (non-hydrogen) atoms. The van der Waals surface area contributed by atoms with Gasteiger partial charge < -0.3 is 14.8 Å². The molecule has 2 heterocycles. The molecule has 0 aliphatic carbocycles. The van der Waals surface area contributed by atoms with E-state index in [2.05, 4.69) is 45.1 Å². The van der Waals surface area contributed by atoms with Gasteiger partial charge >= 0.3 is 0 Å². The molecule has 6 heteroatoms. The molecule has 92 valence electrons. The summed E-state index contributed by atoms with van der Waals surface area (Å²) >= 11 is 3.35. The van der Waals surface area contributed by atoms with Gasteiger partial charge in [0.1, 0.15) is 4.60 Å². The second-order valence-corrected chi connectivity index (χ2v) is 5.06. The van der Waals surface area contributed by atoms with Gasteiger partial charge in [0.15, 0.2) is 11.5 Å². The predicted molar refractivity (Wildman–Crippen MR) is 70.0 cm³/mol. The monoisotopic (exact) mass is 298 g/mol. The number of halogens is 1. The molecule has 0 saturated carbocycles. The summed E-state index contributed by atoms with van der Waals surface area (Å²) in [4.78, 5) is 8.60. The fraction of sp³-hybridized carbons (Fsp3) is 0.455. The minimum absolute atomic E-state index is 0.0303. The highest BCUT2D eigenvalue weighted by molar-refractivity contribution is 9.10. The molecule has 1 atom stereocenters. The van der Waals surface area contributed by atoms with E-state index in [1.165, 1.54) is 0 Å². The van der Waals surface area contributed by atoms with Gasteiger partial charge in [-0.2, -0.15) is 0 Å². The number of aromatic nitrogens is 3. The minimum atomic E-state index is -0.0303. The van der Waals surface area contributed by atoms with E-state index in [4.69, 9.17) is 0 Å². The van der Waals surface area contributed by atoms with E-state index in [0.29, 0.717) is 11.7 Å². The molecule has 2 N–H and O–H groups in total. The van der Waals surface area contributed by atoms with Crippen LogP contribution in [0.2, 0.25) is 0 Å². The molecule has 0 radical (unpaired) electrons. The van der Waals surface area contributed by atoms with Crippen molar-refractivity contribution in [2.45, 2.75) is 19.9 Å². The van der Waals surface area contributed by atoms with E-state index in [1.807, 2.05) is 16.8 Å². The van der Waals surface area contributed by atoms with Crippen LogP contribution in [-0.4, -0.2) is 32.1 Å². The SMILES string of the molecule is CC(C)C(CO)Nc1nc(Br)cn2ccnc12. The number of aliphatic hydroxyl groups excluding tert-OH is 1. The zero-order valence-electron chi connectivity index (χ0n) is 9.76. The van der Waals surface area contributed by atoms with E-state index >= 15 is 0 Å². The van der Waals surface area contributed by atoms with E-state index in [9.17, 15) is 5.11 Å². The van der Waals surface area contributed by atoms with E-state index in [1.54, 1.807) is 6.20 Å². The topological polar surface area (TPSA) is 62.5 Å². The molecule has 0 aliphatic rings. The van der Waals surface area contributed by atoms with Crippen molar-refractivity contribution < 1.29 is 5.11 Å². The summed E-state index contributed by atoms with van der Waals surface area (Å²) in [6.45, 7) is 4.17. The van der Waals surface area contributed by atoms with Crippen LogP contribution in [0, 0.1) is 5.92 Å². The second-order valence-electron chi connectivity index (χ2n) is 4.25. The Bertz CT molecular complexity index is 511. The van der Waals surface area contributed by atoms with Crippen molar-refractivity contribution >= 4 is 27.4 Å². The zero-order valence-corrected chi connectivity index (χ0v) is 11.3. The third kappa shape index (κ3) is 2.58. The first kappa shape index (κ1) is 12.3. The average Bonchev–Trinajstić information content (AvgIpc) is 2.72. The maximum Gasteiger partial charge on any atom is 0.180 e. The standard InChI is InChI=1S/C11H15BrN4O/c1-7(2)8(6-17)14-10-11-13-3-4-16(11)5-9(12)15-10/h3-5,7-8,17H,6H2,1-2H3,(H,14,15). The van der Waals surface area contributed by atoms with Gasteiger partial charge in [0.25, 0.3) is 0 Å². The summed E-state index contributed by atoms with van der Waals surface area (Å²) in [6, 6.07) is -0.0303. The minimum Gasteiger partial charge on any atom is -0.394 e. The molecule has 0 bridgehead atoms. The third-order valence-electron chi connectivity index (χ3n) is 2.67. The van der Waals surface area contributed by atoms with Gasteiger partial charge in [-0.15, -0.1) is 0 Å². The Labute approximate surface area is 108 Å². The maximum absolute atomic E-state index is 9.32. The Morgan fingerprint density at radius 3 is 2.94 bits per heavy atom. The zero-order chi connectivity index (χ0) is 12.4. The fourth-order valence-electron chi connectivity index (χ4n) is 1.60. The van der Waals surface area contributed by atoms with Crippen LogP contribution in [-0.2, 0) is 0 Å². The van der Waals surface area contributed by atoms with Crippen LogP contribution >= 0.6 is 15.9 Å². The Hall–Kier alpha value is -1.14. The Morgan fingerprint density at radius 1 is 1.53 bits per heavy atom. The smallest absolute Gasteiger partial charge is 0.180 e. The van der Waals surface area contributed by atoms with E-state index in [-0.39, 0.29) is 12.6 Å². The van der Waals surface area contributed by atoms with Crippen LogP contribution in [0.15, 0.2) is 23.2 Å². The molecule has 0 amide bonds. The van der Waals surface area contributed by atoms with Crippen molar-refractivity contribution in [1.82, 2.24) is 14.4 Å². The van der Waals surface area contributed by atoms with E-state index in [0.717, 1.165) is 10.3 Å². The molecule has 2 rings (SSSR count). The molecule has 0 spiro atoms. The lowest BCUT2D eigenvalue weighted by Crippen LogP contribution is -2.30. The molecule has 0 saturated heterocycles. The van der Waals surface area contributed by atoms with Crippen LogP contribution in [0.5, 0.6) is 0 Å². The van der Waals surface area contributed by atoms with Crippen LogP contribution in [0.3, 0.4) is 0 Å². The number of anilines is 1. The lowest BCUT2D eigenvalue weighted by Gasteiger charge is -2.20. The van der Waals surface area contributed by atoms with Gasteiger partial charge in [0, 0.05) is 18.6 Å². The van der Waals surface area contributed by atoms with Gasteiger partial charge in [-0.1, -0.05) is 13.8 Å². The molecular formula is C11H15BrN4O. The number of nitrogens with one attached hydrogen (secondary N) is 1. The Kier molecular flexibility index (Phi) is 3.63. The number of fused-ring (bicyclic) bond motifs is 1. The van der Waals surface area contributed by atoms with Crippen molar-refractivity contribution in [3.8, 4) is 0 Å². The van der Waals surface area contributed by atoms with Gasteiger partial charge in [-0.05, 0) is 21.8 Å². The summed E-state index contributed by atoms with van der Waals surface area (Å²) in [7, 11) is 0. The largest absolute Gasteiger partial charge is 0.394 e. The van der Waals surface area contributed by atoms with Gasteiger partial charge in [0.05, 0.1) is 12.6 Å². The lowest BCUT2D eigenvalue weighted by molar-refractivity contribution is 0.249. The first-order chi connectivity index (χ1) is 8.11. The average molecular weight is 299 g/mol. The van der Waals surface area contributed by atoms with Crippen LogP contribution in [0.25, 0.3) is 5.65 Å². The Morgan fingerprint density at radius 2 is 2.29 bits per heavy atom. The molecule has 5 nitrogen and oxygen atoms in total. The highest BCUT2D eigenvalue weighted by Gasteiger charge is 2.15. The quantitative estimate of drug-likeness (QED) is 0.905. The summed E-state index contributed by atoms with van der Waals surface area (Å²) in [5.74, 6) is 0.993. The highest BCUT2D eigenvalue weighted by Crippen LogP contribution is 2.19. The summed E-state index contributed by atoms with van der Waals surface area (Å²) in [5, 5.41) is 12.5. The molecule has 2 aromatic heterocycles. The predicted octanol–water partition coefficient (Wildman–Crippen LogP) is 1.92. The van der Waals surface area contributed by atoms with Gasteiger partial charge in [0.2, 0.25) is 0 Å². The van der Waals surface area contributed by atoms with Crippen molar-refractivity contribution in [2.75, 3.05) is 11.9 Å². The molecule has 0 aliphatic heterocycles. The number of aliphatic hydroxyl groups is 1. The molecular weight excluding hydrogens is 284 g/mol. The van der Waals surface area contributed by atoms with E-state index < -0.39 is 0 Å². The highest BCUT2D eigenvalue weighted by atomic mass is 79.9. The summed E-state index contributed by atoms with van der Waals surface area (Å²) < 4.78 is 2.61. The van der Waals surface area contributed by atoms with Crippen LogP contribution in [0.1, 0.15) is 13.8 Å². The molecule has 0 fully saturated rings. The number of imidazole rings is 1. The number of hydrogen-bond acceptors (Lipinski definition) is 4. The molecule has 1 unspecified atom stereocenters. The van der Waals surface area contributed by atoms with Crippen molar-refractivity contribution in [3.63, 3.8) is 0 Å². The summed E-state index contributed by atoms with van der Waals surface area (Å²) in [5.41, 5.74) is 0.757. The first-order valence-corrected chi connectivity index (χ1v) is 6.27. The van der Waals surface area contributed by atoms with Crippen molar-refractivity contribution in [2.24, 2.45) is 5.92 Å². The third-order valence-corrected chi connectivity index (χ3v) is 3.05. The number of nitrogens with zero attached hydrogens (tertiary/aromatic N) is 3. The maximum atomic E-state index is 9.32. The lowest BCUT2D eigenvalue weighted by atomic mass is 10.1. The normalized spacial score (nSPS) is 13.2. The molecule has 2 aromatic rings. The first-order valence-electron chi connectivity index (χ1n) is 5.48. The summed E-state index contributed by atoms with van der Waals surface area (Å²) in [6.07, 6.45) is 5.42. The Balaban J connectivity index is 2.37. The molecule has 0 aromatic carbocycles. The van der Waals surface area contributed by atoms with Crippen LogP contribution in [0.4, 0.5) is 5.82 Å². The second kappa shape index (κ2) is 5.01. The van der Waals surface area contributed by atoms with Gasteiger partial charge in [-0.3, -0.25) is 0 Å². The number of rotatable bonds is 4. The fourth-order valence-corrected chi connectivity index (χ4v) is 1.99. The van der Waals surface area contributed by atoms with Crippen molar-refractivity contribution in [3.05, 3.63) is 23.2 Å². The van der Waals surface area contributed by atoms with Crippen LogP contribution < -0.4 is 5.32 Å². The number of hydrogen-bond donors (Lipinski definition) is 2.